The highest BCUT2D eigenvalue weighted by atomic mass is 16.5. The highest BCUT2D eigenvalue weighted by molar-refractivity contribution is 5.90. The normalized spacial score (nSPS) is 14.9. The van der Waals surface area contributed by atoms with E-state index < -0.39 is 0 Å². The molecule has 6 nitrogen and oxygen atoms in total. The second-order valence-electron chi connectivity index (χ2n) is 5.35. The maximum Gasteiger partial charge on any atom is 0.229 e. The molecule has 0 aliphatic carbocycles. The second kappa shape index (κ2) is 6.18. The largest absolute Gasteiger partial charge is 0.378 e. The molecular weight excluding hydrogens is 290 g/mol. The third kappa shape index (κ3) is 2.93. The van der Waals surface area contributed by atoms with Crippen molar-refractivity contribution in [3.8, 4) is 0 Å². The number of morpholine rings is 1. The molecule has 0 amide bonds. The third-order valence-corrected chi connectivity index (χ3v) is 3.83. The van der Waals surface area contributed by atoms with Crippen LogP contribution in [0.25, 0.3) is 10.9 Å². The van der Waals surface area contributed by atoms with Crippen molar-refractivity contribution in [2.45, 2.75) is 0 Å². The van der Waals surface area contributed by atoms with Gasteiger partial charge in [-0.05, 0) is 24.3 Å². The van der Waals surface area contributed by atoms with E-state index in [9.17, 15) is 0 Å². The Morgan fingerprint density at radius 1 is 0.957 bits per heavy atom. The lowest BCUT2D eigenvalue weighted by atomic mass is 10.2. The first-order chi connectivity index (χ1) is 11.4. The molecule has 3 aromatic rings. The fourth-order valence-corrected chi connectivity index (χ4v) is 2.70. The monoisotopic (exact) mass is 307 g/mol. The fraction of sp³-hybridized carbons (Fsp3) is 0.235. The highest BCUT2D eigenvalue weighted by Gasteiger charge is 2.17. The second-order valence-corrected chi connectivity index (χ2v) is 5.35. The molecule has 1 N–H and O–H groups in total. The average molecular weight is 307 g/mol. The molecule has 4 rings (SSSR count). The molecule has 3 heterocycles. The number of benzene rings is 1. The zero-order valence-electron chi connectivity index (χ0n) is 12.6. The van der Waals surface area contributed by atoms with Crippen molar-refractivity contribution in [3.05, 3.63) is 48.8 Å². The van der Waals surface area contributed by atoms with Gasteiger partial charge < -0.3 is 15.0 Å². The number of rotatable bonds is 3. The third-order valence-electron chi connectivity index (χ3n) is 3.83. The molecule has 1 aliphatic rings. The molecule has 0 atom stereocenters. The smallest absolute Gasteiger partial charge is 0.229 e. The molecule has 6 heteroatoms. The van der Waals surface area contributed by atoms with Crippen molar-refractivity contribution in [1.82, 2.24) is 15.0 Å². The molecule has 1 saturated heterocycles. The Bertz CT molecular complexity index is 802. The Morgan fingerprint density at radius 3 is 2.57 bits per heavy atom. The minimum atomic E-state index is 0.594. The van der Waals surface area contributed by atoms with Crippen molar-refractivity contribution in [2.75, 3.05) is 36.5 Å². The van der Waals surface area contributed by atoms with E-state index in [-0.39, 0.29) is 0 Å². The lowest BCUT2D eigenvalue weighted by Gasteiger charge is -2.29. The van der Waals surface area contributed by atoms with Crippen LogP contribution in [-0.2, 0) is 4.74 Å². The summed E-state index contributed by atoms with van der Waals surface area (Å²) >= 11 is 0. The van der Waals surface area contributed by atoms with E-state index >= 15 is 0 Å². The zero-order chi connectivity index (χ0) is 15.5. The van der Waals surface area contributed by atoms with Gasteiger partial charge in [0.1, 0.15) is 5.82 Å². The van der Waals surface area contributed by atoms with Gasteiger partial charge in [-0.2, -0.15) is 4.98 Å². The summed E-state index contributed by atoms with van der Waals surface area (Å²) in [4.78, 5) is 15.7. The van der Waals surface area contributed by atoms with E-state index in [0.29, 0.717) is 5.95 Å². The van der Waals surface area contributed by atoms with Gasteiger partial charge >= 0.3 is 0 Å². The fourth-order valence-electron chi connectivity index (χ4n) is 2.70. The van der Waals surface area contributed by atoms with Crippen LogP contribution < -0.4 is 10.2 Å². The van der Waals surface area contributed by atoms with Crippen LogP contribution in [0.1, 0.15) is 0 Å². The van der Waals surface area contributed by atoms with Crippen molar-refractivity contribution < 1.29 is 4.74 Å². The number of anilines is 3. The van der Waals surface area contributed by atoms with Gasteiger partial charge in [0.05, 0.1) is 18.7 Å². The first-order valence-corrected chi connectivity index (χ1v) is 7.67. The van der Waals surface area contributed by atoms with Crippen molar-refractivity contribution in [1.29, 1.82) is 0 Å². The van der Waals surface area contributed by atoms with Gasteiger partial charge in [-0.25, -0.2) is 4.98 Å². The minimum Gasteiger partial charge on any atom is -0.378 e. The molecule has 1 aromatic carbocycles. The Kier molecular flexibility index (Phi) is 3.73. The van der Waals surface area contributed by atoms with Crippen LogP contribution in [0, 0.1) is 0 Å². The topological polar surface area (TPSA) is 63.2 Å². The summed E-state index contributed by atoms with van der Waals surface area (Å²) < 4.78 is 5.45. The van der Waals surface area contributed by atoms with E-state index in [2.05, 4.69) is 26.3 Å². The zero-order valence-corrected chi connectivity index (χ0v) is 12.6. The minimum absolute atomic E-state index is 0.594. The number of nitrogens with zero attached hydrogens (tertiary/aromatic N) is 4. The summed E-state index contributed by atoms with van der Waals surface area (Å²) in [6, 6.07) is 11.9. The number of fused-ring (bicyclic) bond motifs is 1. The first kappa shape index (κ1) is 13.9. The van der Waals surface area contributed by atoms with E-state index in [1.54, 1.807) is 12.4 Å². The van der Waals surface area contributed by atoms with E-state index in [4.69, 9.17) is 9.72 Å². The number of ether oxygens (including phenoxy) is 1. The quantitative estimate of drug-likeness (QED) is 0.802. The SMILES string of the molecule is c1ccc2c(N3CCOCC3)nc(Nc3ccncc3)nc2c1. The van der Waals surface area contributed by atoms with Crippen molar-refractivity contribution in [2.24, 2.45) is 0 Å². The molecule has 0 saturated carbocycles. The lowest BCUT2D eigenvalue weighted by Crippen LogP contribution is -2.37. The van der Waals surface area contributed by atoms with E-state index in [0.717, 1.165) is 48.7 Å². The summed E-state index contributed by atoms with van der Waals surface area (Å²) in [6.45, 7) is 3.14. The van der Waals surface area contributed by atoms with E-state index in [1.165, 1.54) is 0 Å². The van der Waals surface area contributed by atoms with Crippen LogP contribution in [0.2, 0.25) is 0 Å². The number of pyridine rings is 1. The molecule has 0 radical (unpaired) electrons. The number of hydrogen-bond donors (Lipinski definition) is 1. The standard InChI is InChI=1S/C17H17N5O/c1-2-4-15-14(3-1)16(22-9-11-23-12-10-22)21-17(20-15)19-13-5-7-18-8-6-13/h1-8H,9-12H2,(H,18,19,20,21). The predicted molar refractivity (Wildman–Crippen MR) is 90.1 cm³/mol. The Hall–Kier alpha value is -2.73. The number of hydrogen-bond acceptors (Lipinski definition) is 6. The maximum absolute atomic E-state index is 5.45. The molecule has 23 heavy (non-hydrogen) atoms. The molecule has 1 aliphatic heterocycles. The summed E-state index contributed by atoms with van der Waals surface area (Å²) in [5.74, 6) is 1.55. The Balaban J connectivity index is 1.76. The summed E-state index contributed by atoms with van der Waals surface area (Å²) in [5.41, 5.74) is 1.85. The molecule has 0 unspecified atom stereocenters. The van der Waals surface area contributed by atoms with Gasteiger partial charge in [-0.1, -0.05) is 12.1 Å². The molecule has 2 aromatic heterocycles. The van der Waals surface area contributed by atoms with Crippen LogP contribution in [0.4, 0.5) is 17.5 Å². The molecule has 0 spiro atoms. The Morgan fingerprint density at radius 2 is 1.74 bits per heavy atom. The average Bonchev–Trinajstić information content (AvgIpc) is 2.63. The number of para-hydroxylation sites is 1. The van der Waals surface area contributed by atoms with Crippen LogP contribution in [0.3, 0.4) is 0 Å². The molecule has 0 bridgehead atoms. The first-order valence-electron chi connectivity index (χ1n) is 7.67. The van der Waals surface area contributed by atoms with Gasteiger partial charge in [-0.3, -0.25) is 4.98 Å². The van der Waals surface area contributed by atoms with Gasteiger partial charge in [-0.15, -0.1) is 0 Å². The van der Waals surface area contributed by atoms with Gasteiger partial charge in [0.15, 0.2) is 0 Å². The summed E-state index contributed by atoms with van der Waals surface area (Å²) in [7, 11) is 0. The molecular formula is C17H17N5O. The molecule has 116 valence electrons. The number of nitrogens with one attached hydrogen (secondary N) is 1. The van der Waals surface area contributed by atoms with Crippen LogP contribution in [-0.4, -0.2) is 41.3 Å². The van der Waals surface area contributed by atoms with Crippen LogP contribution in [0.5, 0.6) is 0 Å². The summed E-state index contributed by atoms with van der Waals surface area (Å²) in [6.07, 6.45) is 3.48. The van der Waals surface area contributed by atoms with Crippen molar-refractivity contribution >= 4 is 28.4 Å². The van der Waals surface area contributed by atoms with Crippen LogP contribution >= 0.6 is 0 Å². The van der Waals surface area contributed by atoms with Gasteiger partial charge in [0.2, 0.25) is 5.95 Å². The van der Waals surface area contributed by atoms with Gasteiger partial charge in [0.25, 0.3) is 0 Å². The lowest BCUT2D eigenvalue weighted by molar-refractivity contribution is 0.122. The van der Waals surface area contributed by atoms with E-state index in [1.807, 2.05) is 30.3 Å². The highest BCUT2D eigenvalue weighted by Crippen LogP contribution is 2.26. The molecule has 1 fully saturated rings. The van der Waals surface area contributed by atoms with Crippen molar-refractivity contribution in [3.63, 3.8) is 0 Å². The van der Waals surface area contributed by atoms with Crippen LogP contribution in [0.15, 0.2) is 48.8 Å². The number of aromatic nitrogens is 3. The summed E-state index contributed by atoms with van der Waals surface area (Å²) in [5, 5.41) is 4.32. The predicted octanol–water partition coefficient (Wildman–Crippen LogP) is 2.61. The van der Waals surface area contributed by atoms with Gasteiger partial charge in [0, 0.05) is 36.6 Å². The maximum atomic E-state index is 5.45. The Labute approximate surface area is 134 Å².